The molecule has 0 aliphatic carbocycles. The molecule has 0 aliphatic heterocycles. The minimum atomic E-state index is -1.81. The van der Waals surface area contributed by atoms with E-state index in [1.165, 1.54) is 6.92 Å². The van der Waals surface area contributed by atoms with Crippen molar-refractivity contribution < 1.29 is 44.1 Å². The number of hydrogen-bond acceptors (Lipinski definition) is 8. The van der Waals surface area contributed by atoms with E-state index in [0.717, 1.165) is 16.5 Å². The van der Waals surface area contributed by atoms with Gasteiger partial charge in [-0.2, -0.15) is 0 Å². The lowest BCUT2D eigenvalue weighted by Gasteiger charge is -2.25. The number of aliphatic hydroxyl groups excluding tert-OH is 1. The van der Waals surface area contributed by atoms with Crippen molar-refractivity contribution in [1.82, 2.24) is 20.9 Å². The number of aromatic amines is 1. The summed E-state index contributed by atoms with van der Waals surface area (Å²) in [5.41, 5.74) is 12.5. The number of amides is 4. The van der Waals surface area contributed by atoms with Gasteiger partial charge < -0.3 is 47.7 Å². The van der Waals surface area contributed by atoms with Crippen LogP contribution in [0, 0.1) is 0 Å². The van der Waals surface area contributed by atoms with Gasteiger partial charge in [0.1, 0.15) is 18.1 Å². The first-order chi connectivity index (χ1) is 17.8. The Kier molecular flexibility index (Phi) is 10.3. The van der Waals surface area contributed by atoms with Crippen LogP contribution in [0.15, 0.2) is 30.5 Å². The topological polar surface area (TPSA) is 267 Å². The number of para-hydroxylation sites is 1. The molecule has 5 unspecified atom stereocenters. The van der Waals surface area contributed by atoms with Gasteiger partial charge >= 0.3 is 11.9 Å². The van der Waals surface area contributed by atoms with Gasteiger partial charge in [0.05, 0.1) is 25.0 Å². The zero-order valence-corrected chi connectivity index (χ0v) is 20.3. The van der Waals surface area contributed by atoms with Crippen LogP contribution in [-0.2, 0) is 35.2 Å². The van der Waals surface area contributed by atoms with Gasteiger partial charge in [0.2, 0.25) is 23.6 Å². The number of carboxylic acid groups (broad SMARTS) is 2. The molecule has 0 bridgehead atoms. The van der Waals surface area contributed by atoms with E-state index in [9.17, 15) is 33.9 Å². The number of hydrogen-bond donors (Lipinski definition) is 9. The predicted molar refractivity (Wildman–Crippen MR) is 131 cm³/mol. The number of aliphatic hydroxyl groups is 1. The van der Waals surface area contributed by atoms with E-state index in [1.807, 2.05) is 29.6 Å². The molecule has 1 heterocycles. The van der Waals surface area contributed by atoms with Crippen LogP contribution in [0.1, 0.15) is 25.3 Å². The number of carbonyl (C=O) groups excluding carboxylic acids is 4. The molecule has 1 aromatic heterocycles. The van der Waals surface area contributed by atoms with Crippen molar-refractivity contribution >= 4 is 46.5 Å². The Labute approximate surface area is 215 Å². The highest BCUT2D eigenvalue weighted by Gasteiger charge is 2.34. The minimum absolute atomic E-state index is 0.0878. The zero-order chi connectivity index (χ0) is 28.6. The lowest BCUT2D eigenvalue weighted by atomic mass is 10.0. The fourth-order valence-electron chi connectivity index (χ4n) is 3.61. The number of primary amides is 1. The number of nitrogens with one attached hydrogen (secondary N) is 4. The van der Waals surface area contributed by atoms with Crippen molar-refractivity contribution in [3.63, 3.8) is 0 Å². The number of nitrogens with two attached hydrogens (primary N) is 2. The Balaban J connectivity index is 2.11. The van der Waals surface area contributed by atoms with E-state index < -0.39 is 78.7 Å². The van der Waals surface area contributed by atoms with Crippen molar-refractivity contribution in [3.05, 3.63) is 36.0 Å². The summed E-state index contributed by atoms with van der Waals surface area (Å²) in [4.78, 5) is 74.8. The molecule has 1 aromatic carbocycles. The average molecular weight is 535 g/mol. The van der Waals surface area contributed by atoms with E-state index >= 15 is 0 Å². The lowest BCUT2D eigenvalue weighted by Crippen LogP contribution is -2.60. The Morgan fingerprint density at radius 3 is 2.13 bits per heavy atom. The van der Waals surface area contributed by atoms with Gasteiger partial charge in [-0.15, -0.1) is 0 Å². The smallest absolute Gasteiger partial charge is 0.326 e. The normalized spacial score (nSPS) is 14.9. The molecule has 2 aromatic rings. The molecule has 5 atom stereocenters. The summed E-state index contributed by atoms with van der Waals surface area (Å²) in [6, 6.07) is 0.968. The highest BCUT2D eigenvalue weighted by atomic mass is 16.4. The van der Waals surface area contributed by atoms with E-state index in [-0.39, 0.29) is 6.42 Å². The van der Waals surface area contributed by atoms with Crippen molar-refractivity contribution in [3.8, 4) is 0 Å². The molecule has 0 saturated heterocycles. The van der Waals surface area contributed by atoms with Crippen molar-refractivity contribution in [2.24, 2.45) is 11.5 Å². The van der Waals surface area contributed by atoms with Gasteiger partial charge in [0.25, 0.3) is 0 Å². The van der Waals surface area contributed by atoms with Gasteiger partial charge in [-0.25, -0.2) is 4.79 Å². The van der Waals surface area contributed by atoms with Crippen molar-refractivity contribution in [2.75, 3.05) is 0 Å². The predicted octanol–water partition coefficient (Wildman–Crippen LogP) is -2.69. The Morgan fingerprint density at radius 1 is 0.921 bits per heavy atom. The van der Waals surface area contributed by atoms with Crippen LogP contribution in [0.25, 0.3) is 10.9 Å². The van der Waals surface area contributed by atoms with E-state index in [0.29, 0.717) is 0 Å². The van der Waals surface area contributed by atoms with Crippen LogP contribution in [0.4, 0.5) is 0 Å². The molecule has 0 radical (unpaired) electrons. The fraction of sp³-hybridized carbons (Fsp3) is 0.391. The van der Waals surface area contributed by atoms with Gasteiger partial charge in [-0.3, -0.25) is 24.0 Å². The van der Waals surface area contributed by atoms with Crippen LogP contribution >= 0.6 is 0 Å². The summed E-state index contributed by atoms with van der Waals surface area (Å²) in [6.07, 6.45) is -1.47. The maximum absolute atomic E-state index is 12.8. The van der Waals surface area contributed by atoms with Gasteiger partial charge in [-0.1, -0.05) is 18.2 Å². The van der Waals surface area contributed by atoms with Crippen LogP contribution in [0.2, 0.25) is 0 Å². The van der Waals surface area contributed by atoms with Gasteiger partial charge in [-0.05, 0) is 25.0 Å². The molecule has 38 heavy (non-hydrogen) atoms. The number of H-pyrrole nitrogens is 1. The standard InChI is InChI=1S/C23H30N6O9/c1-10(30)19(29-20(34)13(24)6-11-9-26-14-5-3-2-4-12(11)14)22(36)27-15(8-18(32)33)21(35)28-16(23(37)38)7-17(25)31/h2-5,9-10,13,15-16,19,26,30H,6-8,24H2,1H3,(H2,25,31)(H,27,36)(H,28,35)(H,29,34)(H,32,33)(H,37,38). The van der Waals surface area contributed by atoms with E-state index in [1.54, 1.807) is 6.20 Å². The third-order valence-corrected chi connectivity index (χ3v) is 5.55. The number of aliphatic carboxylic acids is 2. The van der Waals surface area contributed by atoms with Crippen LogP contribution in [0.5, 0.6) is 0 Å². The molecular formula is C23H30N6O9. The monoisotopic (exact) mass is 534 g/mol. The molecule has 0 spiro atoms. The second-order valence-corrected chi connectivity index (χ2v) is 8.63. The molecule has 2 rings (SSSR count). The highest BCUT2D eigenvalue weighted by molar-refractivity contribution is 5.96. The second kappa shape index (κ2) is 13.2. The summed E-state index contributed by atoms with van der Waals surface area (Å²) >= 11 is 0. The number of carbonyl (C=O) groups is 6. The van der Waals surface area contributed by atoms with Gasteiger partial charge in [0.15, 0.2) is 0 Å². The largest absolute Gasteiger partial charge is 0.481 e. The Hall–Kier alpha value is -4.50. The SMILES string of the molecule is CC(O)C(NC(=O)C(N)Cc1c[nH]c2ccccc12)C(=O)NC(CC(=O)O)C(=O)NC(CC(N)=O)C(=O)O. The molecular weight excluding hydrogens is 504 g/mol. The van der Waals surface area contributed by atoms with E-state index in [4.69, 9.17) is 21.7 Å². The lowest BCUT2D eigenvalue weighted by molar-refractivity contribution is -0.145. The Bertz CT molecular complexity index is 1210. The van der Waals surface area contributed by atoms with Crippen molar-refractivity contribution in [1.29, 1.82) is 0 Å². The maximum atomic E-state index is 12.8. The first kappa shape index (κ1) is 29.7. The number of fused-ring (bicyclic) bond motifs is 1. The molecule has 0 saturated carbocycles. The number of benzene rings is 1. The van der Waals surface area contributed by atoms with Crippen LogP contribution in [0.3, 0.4) is 0 Å². The Morgan fingerprint density at radius 2 is 1.55 bits per heavy atom. The molecule has 11 N–H and O–H groups in total. The number of rotatable bonds is 14. The second-order valence-electron chi connectivity index (χ2n) is 8.63. The molecule has 15 nitrogen and oxygen atoms in total. The highest BCUT2D eigenvalue weighted by Crippen LogP contribution is 2.18. The minimum Gasteiger partial charge on any atom is -0.481 e. The third-order valence-electron chi connectivity index (χ3n) is 5.55. The van der Waals surface area contributed by atoms with E-state index in [2.05, 4.69) is 15.6 Å². The first-order valence-corrected chi connectivity index (χ1v) is 11.4. The molecule has 0 fully saturated rings. The van der Waals surface area contributed by atoms with Crippen LogP contribution < -0.4 is 27.4 Å². The summed E-state index contributed by atoms with van der Waals surface area (Å²) in [5, 5.41) is 35.5. The molecule has 0 aliphatic rings. The summed E-state index contributed by atoms with van der Waals surface area (Å²) in [5.74, 6) is -7.35. The average Bonchev–Trinajstić information content (AvgIpc) is 3.23. The zero-order valence-electron chi connectivity index (χ0n) is 20.3. The van der Waals surface area contributed by atoms with Crippen molar-refractivity contribution in [2.45, 2.75) is 56.5 Å². The summed E-state index contributed by atoms with van der Waals surface area (Å²) < 4.78 is 0. The summed E-state index contributed by atoms with van der Waals surface area (Å²) in [7, 11) is 0. The fourth-order valence-corrected chi connectivity index (χ4v) is 3.61. The molecule has 15 heteroatoms. The van der Waals surface area contributed by atoms with Gasteiger partial charge in [0, 0.05) is 17.1 Å². The molecule has 206 valence electrons. The summed E-state index contributed by atoms with van der Waals surface area (Å²) in [6.45, 7) is 1.18. The number of aromatic nitrogens is 1. The molecule has 4 amide bonds. The third kappa shape index (κ3) is 8.28. The maximum Gasteiger partial charge on any atom is 0.326 e. The quantitative estimate of drug-likeness (QED) is 0.121. The first-order valence-electron chi connectivity index (χ1n) is 11.4. The number of carboxylic acids is 2. The van der Waals surface area contributed by atoms with Crippen LogP contribution in [-0.4, -0.2) is 86.1 Å².